The van der Waals surface area contributed by atoms with Crippen LogP contribution < -0.4 is 11.1 Å². The molecule has 1 aliphatic carbocycles. The minimum atomic E-state index is 0. The van der Waals surface area contributed by atoms with Gasteiger partial charge in [0.15, 0.2) is 0 Å². The van der Waals surface area contributed by atoms with E-state index in [0.29, 0.717) is 12.3 Å². The molecule has 0 radical (unpaired) electrons. The molecular weight excluding hydrogens is 236 g/mol. The highest BCUT2D eigenvalue weighted by Crippen LogP contribution is 2.26. The number of carbonyl (C=O) groups excluding carboxylic acids is 1. The first-order chi connectivity index (χ1) is 7.38. The zero-order valence-corrected chi connectivity index (χ0v) is 12.1. The molecule has 102 valence electrons. The Balaban J connectivity index is 0.00000256. The Hall–Kier alpha value is -0.280. The molecular formula is C13H27ClN2O. The SMILES string of the molecule is CC(C)(C)CCNC(=O)C[C@@H]1CCC[C@H]1N.Cl. The molecule has 3 nitrogen and oxygen atoms in total. The van der Waals surface area contributed by atoms with Crippen LogP contribution in [-0.2, 0) is 4.79 Å². The molecule has 0 aromatic rings. The van der Waals surface area contributed by atoms with Crippen molar-refractivity contribution in [2.45, 2.75) is 58.9 Å². The van der Waals surface area contributed by atoms with Crippen molar-refractivity contribution in [3.8, 4) is 0 Å². The van der Waals surface area contributed by atoms with Crippen LogP contribution >= 0.6 is 12.4 Å². The van der Waals surface area contributed by atoms with Crippen molar-refractivity contribution >= 4 is 18.3 Å². The summed E-state index contributed by atoms with van der Waals surface area (Å²) in [7, 11) is 0. The Morgan fingerprint density at radius 1 is 1.35 bits per heavy atom. The van der Waals surface area contributed by atoms with E-state index in [-0.39, 0.29) is 29.8 Å². The Bertz CT molecular complexity index is 238. The lowest BCUT2D eigenvalue weighted by atomic mass is 9.92. The van der Waals surface area contributed by atoms with Crippen molar-refractivity contribution in [1.29, 1.82) is 0 Å². The normalized spacial score (nSPS) is 24.2. The molecule has 1 rings (SSSR count). The van der Waals surface area contributed by atoms with Crippen molar-refractivity contribution < 1.29 is 4.79 Å². The summed E-state index contributed by atoms with van der Waals surface area (Å²) >= 11 is 0. The zero-order valence-electron chi connectivity index (χ0n) is 11.3. The largest absolute Gasteiger partial charge is 0.356 e. The molecule has 0 heterocycles. The van der Waals surface area contributed by atoms with Gasteiger partial charge in [-0.15, -0.1) is 12.4 Å². The van der Waals surface area contributed by atoms with Gasteiger partial charge in [0.2, 0.25) is 5.91 Å². The van der Waals surface area contributed by atoms with Gasteiger partial charge < -0.3 is 11.1 Å². The van der Waals surface area contributed by atoms with E-state index in [1.165, 1.54) is 6.42 Å². The Kier molecular flexibility index (Phi) is 7.10. The Labute approximate surface area is 111 Å². The van der Waals surface area contributed by atoms with E-state index in [9.17, 15) is 4.79 Å². The second-order valence-corrected chi connectivity index (χ2v) is 6.22. The summed E-state index contributed by atoms with van der Waals surface area (Å²) in [6.07, 6.45) is 5.02. The third-order valence-corrected chi connectivity index (χ3v) is 3.36. The number of nitrogens with one attached hydrogen (secondary N) is 1. The second-order valence-electron chi connectivity index (χ2n) is 6.22. The Morgan fingerprint density at radius 2 is 2.00 bits per heavy atom. The fourth-order valence-electron chi connectivity index (χ4n) is 2.21. The van der Waals surface area contributed by atoms with E-state index in [4.69, 9.17) is 5.73 Å². The van der Waals surface area contributed by atoms with Crippen LogP contribution in [0.5, 0.6) is 0 Å². The summed E-state index contributed by atoms with van der Waals surface area (Å²) in [5.41, 5.74) is 6.23. The minimum absolute atomic E-state index is 0. The molecule has 1 saturated carbocycles. The van der Waals surface area contributed by atoms with Gasteiger partial charge in [-0.25, -0.2) is 0 Å². The maximum absolute atomic E-state index is 11.7. The van der Waals surface area contributed by atoms with Crippen LogP contribution in [0, 0.1) is 11.3 Å². The molecule has 4 heteroatoms. The molecule has 1 aliphatic rings. The van der Waals surface area contributed by atoms with Gasteiger partial charge in [-0.2, -0.15) is 0 Å². The molecule has 1 amide bonds. The topological polar surface area (TPSA) is 55.1 Å². The van der Waals surface area contributed by atoms with Crippen LogP contribution in [-0.4, -0.2) is 18.5 Å². The van der Waals surface area contributed by atoms with Crippen LogP contribution in [0.2, 0.25) is 0 Å². The molecule has 0 aliphatic heterocycles. The van der Waals surface area contributed by atoms with Gasteiger partial charge >= 0.3 is 0 Å². The first-order valence-corrected chi connectivity index (χ1v) is 6.41. The number of nitrogens with two attached hydrogens (primary N) is 1. The summed E-state index contributed by atoms with van der Waals surface area (Å²) in [5.74, 6) is 0.584. The third-order valence-electron chi connectivity index (χ3n) is 3.36. The highest BCUT2D eigenvalue weighted by Gasteiger charge is 2.25. The van der Waals surface area contributed by atoms with Crippen molar-refractivity contribution in [2.75, 3.05) is 6.54 Å². The van der Waals surface area contributed by atoms with Gasteiger partial charge in [0, 0.05) is 19.0 Å². The molecule has 0 aromatic carbocycles. The third kappa shape index (κ3) is 6.89. The van der Waals surface area contributed by atoms with Gasteiger partial charge in [-0.3, -0.25) is 4.79 Å². The number of hydrogen-bond donors (Lipinski definition) is 2. The number of carbonyl (C=O) groups is 1. The van der Waals surface area contributed by atoms with E-state index in [1.807, 2.05) is 0 Å². The Morgan fingerprint density at radius 3 is 2.47 bits per heavy atom. The molecule has 0 unspecified atom stereocenters. The van der Waals surface area contributed by atoms with Crippen LogP contribution in [0.15, 0.2) is 0 Å². The average Bonchev–Trinajstić information content (AvgIpc) is 2.49. The van der Waals surface area contributed by atoms with Crippen LogP contribution in [0.1, 0.15) is 52.9 Å². The number of halogens is 1. The maximum Gasteiger partial charge on any atom is 0.220 e. The average molecular weight is 263 g/mol. The lowest BCUT2D eigenvalue weighted by Gasteiger charge is -2.19. The van der Waals surface area contributed by atoms with Crippen LogP contribution in [0.4, 0.5) is 0 Å². The van der Waals surface area contributed by atoms with Crippen molar-refractivity contribution in [3.05, 3.63) is 0 Å². The number of rotatable bonds is 4. The molecule has 17 heavy (non-hydrogen) atoms. The first kappa shape index (κ1) is 16.7. The molecule has 0 bridgehead atoms. The van der Waals surface area contributed by atoms with Gasteiger partial charge in [0.1, 0.15) is 0 Å². The maximum atomic E-state index is 11.7. The van der Waals surface area contributed by atoms with Gasteiger partial charge in [0.25, 0.3) is 0 Å². The summed E-state index contributed by atoms with van der Waals surface area (Å²) in [6, 6.07) is 0.244. The quantitative estimate of drug-likeness (QED) is 0.818. The van der Waals surface area contributed by atoms with Crippen LogP contribution in [0.25, 0.3) is 0 Å². The fraction of sp³-hybridized carbons (Fsp3) is 0.923. The summed E-state index contributed by atoms with van der Waals surface area (Å²) in [4.78, 5) is 11.7. The van der Waals surface area contributed by atoms with Crippen LogP contribution in [0.3, 0.4) is 0 Å². The minimum Gasteiger partial charge on any atom is -0.356 e. The van der Waals surface area contributed by atoms with E-state index in [1.54, 1.807) is 0 Å². The van der Waals surface area contributed by atoms with Gasteiger partial charge in [-0.1, -0.05) is 27.2 Å². The van der Waals surface area contributed by atoms with Gasteiger partial charge in [0.05, 0.1) is 0 Å². The smallest absolute Gasteiger partial charge is 0.220 e. The predicted octanol–water partition coefficient (Wildman–Crippen LogP) is 2.48. The molecule has 3 N–H and O–H groups in total. The van der Waals surface area contributed by atoms with Crippen molar-refractivity contribution in [2.24, 2.45) is 17.1 Å². The van der Waals surface area contributed by atoms with Crippen molar-refractivity contribution in [1.82, 2.24) is 5.32 Å². The summed E-state index contributed by atoms with van der Waals surface area (Å²) in [6.45, 7) is 7.34. The number of hydrogen-bond acceptors (Lipinski definition) is 2. The lowest BCUT2D eigenvalue weighted by molar-refractivity contribution is -0.122. The first-order valence-electron chi connectivity index (χ1n) is 6.41. The van der Waals surface area contributed by atoms with Gasteiger partial charge in [-0.05, 0) is 30.6 Å². The second kappa shape index (κ2) is 7.22. The monoisotopic (exact) mass is 262 g/mol. The van der Waals surface area contributed by atoms with Crippen molar-refractivity contribution in [3.63, 3.8) is 0 Å². The standard InChI is InChI=1S/C13H26N2O.ClH/c1-13(2,3)7-8-15-12(16)9-10-5-4-6-11(10)14;/h10-11H,4-9,14H2,1-3H3,(H,15,16);1H/t10-,11+;/m0./s1. The summed E-state index contributed by atoms with van der Waals surface area (Å²) < 4.78 is 0. The van der Waals surface area contributed by atoms with E-state index in [0.717, 1.165) is 25.8 Å². The van der Waals surface area contributed by atoms with E-state index in [2.05, 4.69) is 26.1 Å². The van der Waals surface area contributed by atoms with E-state index < -0.39 is 0 Å². The highest BCUT2D eigenvalue weighted by atomic mass is 35.5. The zero-order chi connectivity index (χ0) is 12.2. The van der Waals surface area contributed by atoms with E-state index >= 15 is 0 Å². The molecule has 1 fully saturated rings. The molecule has 0 aromatic heterocycles. The summed E-state index contributed by atoms with van der Waals surface area (Å²) in [5, 5.41) is 2.99. The molecule has 0 saturated heterocycles. The fourth-order valence-corrected chi connectivity index (χ4v) is 2.21. The molecule has 2 atom stereocenters. The highest BCUT2D eigenvalue weighted by molar-refractivity contribution is 5.85. The predicted molar refractivity (Wildman–Crippen MR) is 74.3 cm³/mol. The lowest BCUT2D eigenvalue weighted by Crippen LogP contribution is -2.32. The number of amides is 1. The molecule has 0 spiro atoms.